The number of hydrogen-bond acceptors (Lipinski definition) is 7. The van der Waals surface area contributed by atoms with Crippen LogP contribution in [0.5, 0.6) is 0 Å². The van der Waals surface area contributed by atoms with Crippen molar-refractivity contribution in [2.24, 2.45) is 0 Å². The normalized spacial score (nSPS) is 19.1. The molecule has 1 aliphatic heterocycles. The second-order valence-corrected chi connectivity index (χ2v) is 11.4. The van der Waals surface area contributed by atoms with E-state index in [1.165, 1.54) is 0 Å². The summed E-state index contributed by atoms with van der Waals surface area (Å²) in [5.41, 5.74) is 0.945. The largest absolute Gasteiger partial charge is 0.444 e. The molecule has 9 heteroatoms. The Kier molecular flexibility index (Phi) is 7.21. The Morgan fingerprint density at radius 1 is 1.52 bits per heavy atom. The summed E-state index contributed by atoms with van der Waals surface area (Å²) in [6.07, 6.45) is 2.07. The van der Waals surface area contributed by atoms with Crippen molar-refractivity contribution in [1.29, 1.82) is 5.26 Å². The van der Waals surface area contributed by atoms with E-state index in [-0.39, 0.29) is 11.3 Å². The fourth-order valence-corrected chi connectivity index (χ4v) is 5.71. The molecule has 0 bridgehead atoms. The SMILES string of the molecule is CC(C)(C)OC(=O)N1[C@@H](C[C@@H](Sc2ccc(Cl)cc2C#N)c2cncs2)COC1(C)C. The van der Waals surface area contributed by atoms with Crippen LogP contribution in [-0.2, 0) is 9.47 Å². The number of ether oxygens (including phenoxy) is 2. The molecule has 0 saturated carbocycles. The fraction of sp³-hybridized carbons (Fsp3) is 0.500. The molecule has 2 heterocycles. The quantitative estimate of drug-likeness (QED) is 0.471. The van der Waals surface area contributed by atoms with Gasteiger partial charge in [-0.1, -0.05) is 11.6 Å². The minimum absolute atomic E-state index is 0.0202. The average Bonchev–Trinajstić information content (AvgIpc) is 3.28. The molecule has 0 radical (unpaired) electrons. The van der Waals surface area contributed by atoms with Crippen LogP contribution < -0.4 is 0 Å². The van der Waals surface area contributed by atoms with E-state index in [1.54, 1.807) is 45.6 Å². The van der Waals surface area contributed by atoms with Crippen molar-refractivity contribution >= 4 is 40.8 Å². The van der Waals surface area contributed by atoms with Gasteiger partial charge in [0.25, 0.3) is 0 Å². The summed E-state index contributed by atoms with van der Waals surface area (Å²) in [4.78, 5) is 20.8. The molecule has 1 aromatic heterocycles. The van der Waals surface area contributed by atoms with Crippen molar-refractivity contribution < 1.29 is 14.3 Å². The summed E-state index contributed by atoms with van der Waals surface area (Å²) >= 11 is 9.19. The molecule has 3 rings (SSSR count). The van der Waals surface area contributed by atoms with Crippen LogP contribution in [0.1, 0.15) is 56.7 Å². The Hall–Kier alpha value is -1.79. The van der Waals surface area contributed by atoms with Crippen molar-refractivity contribution in [3.8, 4) is 6.07 Å². The number of benzene rings is 1. The number of nitrogens with zero attached hydrogens (tertiary/aromatic N) is 3. The third-order valence-corrected chi connectivity index (χ3v) is 7.36. The van der Waals surface area contributed by atoms with Gasteiger partial charge in [-0.15, -0.1) is 23.1 Å². The van der Waals surface area contributed by atoms with Crippen LogP contribution >= 0.6 is 34.7 Å². The highest BCUT2D eigenvalue weighted by Crippen LogP contribution is 2.44. The molecule has 1 amide bonds. The number of rotatable bonds is 5. The van der Waals surface area contributed by atoms with Gasteiger partial charge in [0.2, 0.25) is 0 Å². The highest BCUT2D eigenvalue weighted by Gasteiger charge is 2.46. The number of nitriles is 1. The number of thioether (sulfide) groups is 1. The molecule has 1 aromatic carbocycles. The summed E-state index contributed by atoms with van der Waals surface area (Å²) < 4.78 is 11.6. The lowest BCUT2D eigenvalue weighted by atomic mass is 10.1. The summed E-state index contributed by atoms with van der Waals surface area (Å²) in [7, 11) is 0. The summed E-state index contributed by atoms with van der Waals surface area (Å²) in [6, 6.07) is 7.35. The molecule has 1 aliphatic rings. The Bertz CT molecular complexity index is 967. The zero-order valence-corrected chi connectivity index (χ0v) is 20.6. The lowest BCUT2D eigenvalue weighted by molar-refractivity contribution is -0.0626. The highest BCUT2D eigenvalue weighted by molar-refractivity contribution is 7.99. The van der Waals surface area contributed by atoms with Gasteiger partial charge in [-0.05, 0) is 59.2 Å². The number of carbonyl (C=O) groups excluding carboxylic acids is 1. The average molecular weight is 480 g/mol. The third-order valence-electron chi connectivity index (χ3n) is 4.75. The van der Waals surface area contributed by atoms with Gasteiger partial charge < -0.3 is 9.47 Å². The van der Waals surface area contributed by atoms with E-state index in [1.807, 2.05) is 46.9 Å². The van der Waals surface area contributed by atoms with Gasteiger partial charge in [-0.2, -0.15) is 5.26 Å². The van der Waals surface area contributed by atoms with E-state index in [0.29, 0.717) is 23.6 Å². The first-order chi connectivity index (χ1) is 14.5. The number of aromatic nitrogens is 1. The van der Waals surface area contributed by atoms with Crippen molar-refractivity contribution in [3.05, 3.63) is 45.4 Å². The standard InChI is InChI=1S/C22H26ClN3O3S2/c1-21(2,3)29-20(27)26-16(12-28-22(26,4)5)9-18(19-11-25-13-30-19)31-17-7-6-15(23)8-14(17)10-24/h6-8,11,13,16,18H,9,12H2,1-5H3/t16-,18+/m0/s1. The van der Waals surface area contributed by atoms with Crippen LogP contribution in [0, 0.1) is 11.3 Å². The van der Waals surface area contributed by atoms with Crippen LogP contribution in [0.15, 0.2) is 34.8 Å². The Labute approximate surface area is 196 Å². The number of carbonyl (C=O) groups is 1. The predicted octanol–water partition coefficient (Wildman–Crippen LogP) is 6.26. The van der Waals surface area contributed by atoms with E-state index in [0.717, 1.165) is 9.77 Å². The maximum absolute atomic E-state index is 13.0. The smallest absolute Gasteiger partial charge is 0.412 e. The molecule has 2 aromatic rings. The second-order valence-electron chi connectivity index (χ2n) is 8.76. The molecule has 2 atom stereocenters. The highest BCUT2D eigenvalue weighted by atomic mass is 35.5. The van der Waals surface area contributed by atoms with Crippen LogP contribution in [-0.4, -0.2) is 40.0 Å². The van der Waals surface area contributed by atoms with Crippen molar-refractivity contribution in [3.63, 3.8) is 0 Å². The molecule has 0 N–H and O–H groups in total. The van der Waals surface area contributed by atoms with Crippen LogP contribution in [0.4, 0.5) is 4.79 Å². The molecular formula is C22H26ClN3O3S2. The zero-order valence-electron chi connectivity index (χ0n) is 18.2. The zero-order chi connectivity index (χ0) is 22.8. The maximum Gasteiger partial charge on any atom is 0.412 e. The van der Waals surface area contributed by atoms with Crippen molar-refractivity contribution in [1.82, 2.24) is 9.88 Å². The van der Waals surface area contributed by atoms with E-state index in [9.17, 15) is 10.1 Å². The number of halogens is 1. The van der Waals surface area contributed by atoms with Crippen LogP contribution in [0.25, 0.3) is 0 Å². The number of amides is 1. The van der Waals surface area contributed by atoms with Gasteiger partial charge in [-0.25, -0.2) is 4.79 Å². The second kappa shape index (κ2) is 9.37. The number of thiazole rings is 1. The van der Waals surface area contributed by atoms with Gasteiger partial charge >= 0.3 is 6.09 Å². The van der Waals surface area contributed by atoms with Gasteiger partial charge in [0.05, 0.1) is 23.7 Å². The van der Waals surface area contributed by atoms with Crippen molar-refractivity contribution in [2.45, 2.75) is 68.6 Å². The minimum atomic E-state index is -0.770. The van der Waals surface area contributed by atoms with E-state index in [4.69, 9.17) is 21.1 Å². The monoisotopic (exact) mass is 479 g/mol. The Balaban J connectivity index is 1.88. The molecule has 6 nitrogen and oxygen atoms in total. The van der Waals surface area contributed by atoms with Gasteiger partial charge in [-0.3, -0.25) is 9.88 Å². The third kappa shape index (κ3) is 5.92. The molecule has 0 unspecified atom stereocenters. The topological polar surface area (TPSA) is 75.5 Å². The molecular weight excluding hydrogens is 454 g/mol. The van der Waals surface area contributed by atoms with Crippen LogP contribution in [0.3, 0.4) is 0 Å². The van der Waals surface area contributed by atoms with Gasteiger partial charge in [0.15, 0.2) is 0 Å². The predicted molar refractivity (Wildman–Crippen MR) is 123 cm³/mol. The van der Waals surface area contributed by atoms with Crippen LogP contribution in [0.2, 0.25) is 5.02 Å². The van der Waals surface area contributed by atoms with E-state index >= 15 is 0 Å². The van der Waals surface area contributed by atoms with Gasteiger partial charge in [0.1, 0.15) is 17.4 Å². The Morgan fingerprint density at radius 3 is 2.87 bits per heavy atom. The maximum atomic E-state index is 13.0. The summed E-state index contributed by atoms with van der Waals surface area (Å²) in [5.74, 6) is 0. The molecule has 1 saturated heterocycles. The summed E-state index contributed by atoms with van der Waals surface area (Å²) in [5, 5.41) is 10.0. The van der Waals surface area contributed by atoms with E-state index in [2.05, 4.69) is 11.1 Å². The first kappa shape index (κ1) is 23.9. The van der Waals surface area contributed by atoms with E-state index < -0.39 is 17.4 Å². The first-order valence-corrected chi connectivity index (χ1v) is 12.0. The Morgan fingerprint density at radius 2 is 2.26 bits per heavy atom. The number of hydrogen-bond donors (Lipinski definition) is 0. The molecule has 0 aliphatic carbocycles. The lowest BCUT2D eigenvalue weighted by Crippen LogP contribution is -2.50. The lowest BCUT2D eigenvalue weighted by Gasteiger charge is -2.36. The fourth-order valence-electron chi connectivity index (χ4n) is 3.44. The minimum Gasteiger partial charge on any atom is -0.444 e. The molecule has 166 valence electrons. The molecule has 0 spiro atoms. The van der Waals surface area contributed by atoms with Gasteiger partial charge in [0, 0.05) is 26.2 Å². The first-order valence-electron chi connectivity index (χ1n) is 9.91. The van der Waals surface area contributed by atoms with Crippen molar-refractivity contribution in [2.75, 3.05) is 6.61 Å². The molecule has 31 heavy (non-hydrogen) atoms. The molecule has 1 fully saturated rings. The summed E-state index contributed by atoms with van der Waals surface area (Å²) in [6.45, 7) is 9.71.